The molecule has 138 valence electrons. The maximum Gasteiger partial charge on any atom is 0.248 e. The van der Waals surface area contributed by atoms with Crippen LogP contribution in [0.25, 0.3) is 0 Å². The maximum atomic E-state index is 12.6. The number of nitrogens with one attached hydrogen (secondary N) is 2. The fourth-order valence-corrected chi connectivity index (χ4v) is 3.54. The second kappa shape index (κ2) is 9.80. The van der Waals surface area contributed by atoms with Crippen molar-refractivity contribution in [2.45, 2.75) is 52.0 Å². The van der Waals surface area contributed by atoms with Crippen molar-refractivity contribution in [1.29, 1.82) is 0 Å². The number of carbonyl (C=O) groups is 2. The van der Waals surface area contributed by atoms with Crippen LogP contribution in [0.1, 0.15) is 44.6 Å². The molecule has 0 radical (unpaired) electrons. The summed E-state index contributed by atoms with van der Waals surface area (Å²) in [6.45, 7) is 4.18. The van der Waals surface area contributed by atoms with Gasteiger partial charge in [0, 0.05) is 12.1 Å². The van der Waals surface area contributed by atoms with Crippen LogP contribution in [0.2, 0.25) is 0 Å². The standard InChI is InChI=1S/C19H29N3O2S/c1-13-4-7-15(8-5-13)18(23)21-16(10-11-25-3)19(24)22-17-9-6-14(2)12-20-17/h6,9,12-13,15-16H,4-5,7-8,10-11H2,1-3H3,(H,21,23)(H,20,22,24). The quantitative estimate of drug-likeness (QED) is 0.779. The molecule has 0 aliphatic heterocycles. The van der Waals surface area contributed by atoms with Gasteiger partial charge >= 0.3 is 0 Å². The zero-order valence-electron chi connectivity index (χ0n) is 15.4. The minimum Gasteiger partial charge on any atom is -0.344 e. The van der Waals surface area contributed by atoms with Crippen molar-refractivity contribution in [2.24, 2.45) is 11.8 Å². The van der Waals surface area contributed by atoms with Gasteiger partial charge in [-0.2, -0.15) is 11.8 Å². The molecule has 6 heteroatoms. The van der Waals surface area contributed by atoms with Gasteiger partial charge < -0.3 is 10.6 Å². The summed E-state index contributed by atoms with van der Waals surface area (Å²) in [4.78, 5) is 29.4. The fourth-order valence-electron chi connectivity index (χ4n) is 3.07. The molecule has 1 unspecified atom stereocenters. The minimum atomic E-state index is -0.512. The number of aromatic nitrogens is 1. The first kappa shape index (κ1) is 19.8. The van der Waals surface area contributed by atoms with E-state index in [9.17, 15) is 9.59 Å². The Hall–Kier alpha value is -1.56. The Morgan fingerprint density at radius 1 is 1.28 bits per heavy atom. The van der Waals surface area contributed by atoms with Gasteiger partial charge in [0.1, 0.15) is 11.9 Å². The number of rotatable bonds is 7. The lowest BCUT2D eigenvalue weighted by Gasteiger charge is -2.27. The van der Waals surface area contributed by atoms with E-state index in [4.69, 9.17) is 0 Å². The number of nitrogens with zero attached hydrogens (tertiary/aromatic N) is 1. The molecule has 1 atom stereocenters. The summed E-state index contributed by atoms with van der Waals surface area (Å²) in [6.07, 6.45) is 8.36. The SMILES string of the molecule is CSCCC(NC(=O)C1CCC(C)CC1)C(=O)Nc1ccc(C)cn1. The van der Waals surface area contributed by atoms with Crippen LogP contribution in [-0.2, 0) is 9.59 Å². The lowest BCUT2D eigenvalue weighted by atomic mass is 9.82. The largest absolute Gasteiger partial charge is 0.344 e. The van der Waals surface area contributed by atoms with Gasteiger partial charge in [0.2, 0.25) is 11.8 Å². The van der Waals surface area contributed by atoms with Crippen LogP contribution in [0.5, 0.6) is 0 Å². The highest BCUT2D eigenvalue weighted by Crippen LogP contribution is 2.28. The summed E-state index contributed by atoms with van der Waals surface area (Å²) < 4.78 is 0. The van der Waals surface area contributed by atoms with Crippen molar-refractivity contribution >= 4 is 29.4 Å². The Balaban J connectivity index is 1.95. The zero-order chi connectivity index (χ0) is 18.2. The van der Waals surface area contributed by atoms with Crippen LogP contribution in [0.4, 0.5) is 5.82 Å². The number of anilines is 1. The molecule has 1 saturated carbocycles. The number of carbonyl (C=O) groups excluding carboxylic acids is 2. The summed E-state index contributed by atoms with van der Waals surface area (Å²) in [5.41, 5.74) is 1.04. The first-order chi connectivity index (χ1) is 12.0. The predicted molar refractivity (Wildman–Crippen MR) is 104 cm³/mol. The molecule has 2 N–H and O–H groups in total. The molecular formula is C19H29N3O2S. The molecule has 0 saturated heterocycles. The van der Waals surface area contributed by atoms with Crippen LogP contribution in [-0.4, -0.2) is 34.8 Å². The summed E-state index contributed by atoms with van der Waals surface area (Å²) in [5, 5.41) is 5.80. The highest BCUT2D eigenvalue weighted by Gasteiger charge is 2.28. The second-order valence-electron chi connectivity index (χ2n) is 7.01. The van der Waals surface area contributed by atoms with Crippen molar-refractivity contribution in [3.63, 3.8) is 0 Å². The number of hydrogen-bond donors (Lipinski definition) is 2. The van der Waals surface area contributed by atoms with Gasteiger partial charge in [-0.3, -0.25) is 9.59 Å². The van der Waals surface area contributed by atoms with Crippen LogP contribution < -0.4 is 10.6 Å². The van der Waals surface area contributed by atoms with E-state index in [1.54, 1.807) is 24.0 Å². The Labute approximate surface area is 154 Å². The molecule has 1 aliphatic carbocycles. The monoisotopic (exact) mass is 363 g/mol. The third kappa shape index (κ3) is 6.34. The number of pyridine rings is 1. The Morgan fingerprint density at radius 2 is 2.00 bits per heavy atom. The zero-order valence-corrected chi connectivity index (χ0v) is 16.2. The number of thioether (sulfide) groups is 1. The third-order valence-electron chi connectivity index (χ3n) is 4.79. The van der Waals surface area contributed by atoms with Crippen molar-refractivity contribution in [3.05, 3.63) is 23.9 Å². The average Bonchev–Trinajstić information content (AvgIpc) is 2.61. The van der Waals surface area contributed by atoms with Crippen molar-refractivity contribution < 1.29 is 9.59 Å². The van der Waals surface area contributed by atoms with Gasteiger partial charge in [-0.05, 0) is 68.6 Å². The van der Waals surface area contributed by atoms with Crippen molar-refractivity contribution in [2.75, 3.05) is 17.3 Å². The topological polar surface area (TPSA) is 71.1 Å². The van der Waals surface area contributed by atoms with E-state index in [1.165, 1.54) is 0 Å². The molecule has 0 aromatic carbocycles. The predicted octanol–water partition coefficient (Wildman–Crippen LogP) is 3.39. The molecule has 25 heavy (non-hydrogen) atoms. The van der Waals surface area contributed by atoms with E-state index >= 15 is 0 Å². The Kier molecular flexibility index (Phi) is 7.75. The number of hydrogen-bond acceptors (Lipinski definition) is 4. The number of amides is 2. The highest BCUT2D eigenvalue weighted by molar-refractivity contribution is 7.98. The van der Waals surface area contributed by atoms with Gasteiger partial charge in [0.25, 0.3) is 0 Å². The van der Waals surface area contributed by atoms with E-state index < -0.39 is 6.04 Å². The van der Waals surface area contributed by atoms with Gasteiger partial charge in [-0.1, -0.05) is 13.0 Å². The molecule has 5 nitrogen and oxygen atoms in total. The molecule has 2 rings (SSSR count). The third-order valence-corrected chi connectivity index (χ3v) is 5.44. The molecule has 2 amide bonds. The number of aryl methyl sites for hydroxylation is 1. The van der Waals surface area contributed by atoms with Gasteiger partial charge in [-0.25, -0.2) is 4.98 Å². The fraction of sp³-hybridized carbons (Fsp3) is 0.632. The molecule has 0 bridgehead atoms. The van der Waals surface area contributed by atoms with Crippen LogP contribution in [0, 0.1) is 18.8 Å². The summed E-state index contributed by atoms with van der Waals surface area (Å²) in [6, 6.07) is 3.17. The van der Waals surface area contributed by atoms with Crippen LogP contribution in [0.3, 0.4) is 0 Å². The van der Waals surface area contributed by atoms with Gasteiger partial charge in [0.05, 0.1) is 0 Å². The summed E-state index contributed by atoms with van der Waals surface area (Å²) in [7, 11) is 0. The molecule has 1 heterocycles. The second-order valence-corrected chi connectivity index (χ2v) is 8.00. The normalized spacial score (nSPS) is 21.4. The first-order valence-electron chi connectivity index (χ1n) is 9.02. The van der Waals surface area contributed by atoms with E-state index in [1.807, 2.05) is 19.2 Å². The van der Waals surface area contributed by atoms with E-state index in [0.29, 0.717) is 18.2 Å². The van der Waals surface area contributed by atoms with Gasteiger partial charge in [0.15, 0.2) is 0 Å². The lowest BCUT2D eigenvalue weighted by Crippen LogP contribution is -2.47. The summed E-state index contributed by atoms with van der Waals surface area (Å²) in [5.74, 6) is 1.91. The van der Waals surface area contributed by atoms with E-state index in [-0.39, 0.29) is 17.7 Å². The molecule has 1 aromatic rings. The first-order valence-corrected chi connectivity index (χ1v) is 10.4. The van der Waals surface area contributed by atoms with Crippen molar-refractivity contribution in [3.8, 4) is 0 Å². The van der Waals surface area contributed by atoms with E-state index in [0.717, 1.165) is 37.0 Å². The molecule has 0 spiro atoms. The molecule has 1 aliphatic rings. The Morgan fingerprint density at radius 3 is 2.60 bits per heavy atom. The smallest absolute Gasteiger partial charge is 0.248 e. The lowest BCUT2D eigenvalue weighted by molar-refractivity contribution is -0.130. The minimum absolute atomic E-state index is 0.0185. The average molecular weight is 364 g/mol. The summed E-state index contributed by atoms with van der Waals surface area (Å²) >= 11 is 1.67. The van der Waals surface area contributed by atoms with Crippen LogP contribution in [0.15, 0.2) is 18.3 Å². The highest BCUT2D eigenvalue weighted by atomic mass is 32.2. The van der Waals surface area contributed by atoms with Crippen LogP contribution >= 0.6 is 11.8 Å². The Bertz CT molecular complexity index is 569. The molecule has 1 fully saturated rings. The van der Waals surface area contributed by atoms with Crippen molar-refractivity contribution in [1.82, 2.24) is 10.3 Å². The molecular weight excluding hydrogens is 334 g/mol. The van der Waals surface area contributed by atoms with E-state index in [2.05, 4.69) is 22.5 Å². The van der Waals surface area contributed by atoms with Gasteiger partial charge in [-0.15, -0.1) is 0 Å². The molecule has 1 aromatic heterocycles. The maximum absolute atomic E-state index is 12.6.